The number of aromatic nitrogens is 3. The van der Waals surface area contributed by atoms with E-state index in [1.807, 2.05) is 23.6 Å². The largest absolute Gasteiger partial charge is 0.348 e. The predicted molar refractivity (Wildman–Crippen MR) is 99.5 cm³/mol. The van der Waals surface area contributed by atoms with Gasteiger partial charge in [0, 0.05) is 31.8 Å². The second-order valence-electron chi connectivity index (χ2n) is 5.61. The average molecular weight is 361 g/mol. The van der Waals surface area contributed by atoms with Gasteiger partial charge in [0.1, 0.15) is 5.01 Å². The van der Waals surface area contributed by atoms with E-state index < -0.39 is 0 Å². The molecule has 5 nitrogen and oxygen atoms in total. The fraction of sp³-hybridized carbons (Fsp3) is 0.353. The van der Waals surface area contributed by atoms with E-state index in [0.717, 1.165) is 39.2 Å². The number of rotatable bonds is 6. The van der Waals surface area contributed by atoms with E-state index in [0.29, 0.717) is 6.42 Å². The van der Waals surface area contributed by atoms with Gasteiger partial charge >= 0.3 is 0 Å². The van der Waals surface area contributed by atoms with Gasteiger partial charge in [0.15, 0.2) is 5.16 Å². The molecule has 7 heteroatoms. The maximum Gasteiger partial charge on any atom is 0.228 e. The fourth-order valence-electron chi connectivity index (χ4n) is 2.39. The van der Waals surface area contributed by atoms with Crippen molar-refractivity contribution in [2.75, 3.05) is 14.1 Å². The number of carbonyl (C=O) groups is 1. The third-order valence-corrected chi connectivity index (χ3v) is 5.59. The first-order valence-corrected chi connectivity index (χ1v) is 9.66. The Labute approximate surface area is 149 Å². The second-order valence-corrected chi connectivity index (χ2v) is 7.50. The molecule has 0 aliphatic carbocycles. The number of carbonyl (C=O) groups excluding carboxylic acids is 1. The third kappa shape index (κ3) is 3.62. The van der Waals surface area contributed by atoms with Crippen LogP contribution in [0.1, 0.15) is 17.6 Å². The van der Waals surface area contributed by atoms with E-state index in [1.54, 1.807) is 42.1 Å². The SMILES string of the molecule is CCn1c(SCc2csc(CC(=O)N(C)C)n2)nc2ccccc21. The summed E-state index contributed by atoms with van der Waals surface area (Å²) in [5.41, 5.74) is 3.19. The number of fused-ring (bicyclic) bond motifs is 1. The zero-order valence-electron chi connectivity index (χ0n) is 14.0. The molecule has 0 aliphatic rings. The number of thiazole rings is 1. The van der Waals surface area contributed by atoms with Crippen molar-refractivity contribution in [1.82, 2.24) is 19.4 Å². The molecule has 0 atom stereocenters. The van der Waals surface area contributed by atoms with Gasteiger partial charge in [0.25, 0.3) is 0 Å². The highest BCUT2D eigenvalue weighted by molar-refractivity contribution is 7.98. The van der Waals surface area contributed by atoms with Crippen LogP contribution in [0.15, 0.2) is 34.8 Å². The molecule has 0 bridgehead atoms. The van der Waals surface area contributed by atoms with Gasteiger partial charge < -0.3 is 9.47 Å². The van der Waals surface area contributed by atoms with Gasteiger partial charge in [-0.3, -0.25) is 4.79 Å². The van der Waals surface area contributed by atoms with E-state index >= 15 is 0 Å². The van der Waals surface area contributed by atoms with Crippen LogP contribution in [0.2, 0.25) is 0 Å². The molecule has 2 aromatic heterocycles. The lowest BCUT2D eigenvalue weighted by Gasteiger charge is -2.07. The highest BCUT2D eigenvalue weighted by Gasteiger charge is 2.12. The summed E-state index contributed by atoms with van der Waals surface area (Å²) in [6, 6.07) is 8.19. The molecule has 0 aliphatic heterocycles. The molecule has 126 valence electrons. The first kappa shape index (κ1) is 17.0. The normalized spacial score (nSPS) is 11.1. The quantitative estimate of drug-likeness (QED) is 0.632. The predicted octanol–water partition coefficient (Wildman–Crippen LogP) is 3.44. The zero-order valence-corrected chi connectivity index (χ0v) is 15.7. The number of aryl methyl sites for hydroxylation is 1. The molecule has 0 saturated heterocycles. The summed E-state index contributed by atoms with van der Waals surface area (Å²) in [6.45, 7) is 3.02. The highest BCUT2D eigenvalue weighted by Crippen LogP contribution is 2.27. The molecule has 0 fully saturated rings. The van der Waals surface area contributed by atoms with Gasteiger partial charge in [-0.05, 0) is 19.1 Å². The smallest absolute Gasteiger partial charge is 0.228 e. The number of nitrogens with zero attached hydrogens (tertiary/aromatic N) is 4. The number of imidazole rings is 1. The van der Waals surface area contributed by atoms with Crippen LogP contribution >= 0.6 is 23.1 Å². The molecule has 0 N–H and O–H groups in total. The van der Waals surface area contributed by atoms with Crippen LogP contribution in [0.5, 0.6) is 0 Å². The Morgan fingerprint density at radius 3 is 2.83 bits per heavy atom. The Morgan fingerprint density at radius 2 is 2.08 bits per heavy atom. The molecule has 0 saturated carbocycles. The molecule has 2 heterocycles. The minimum atomic E-state index is 0.0799. The Bertz CT molecular complexity index is 853. The van der Waals surface area contributed by atoms with Crippen molar-refractivity contribution in [3.8, 4) is 0 Å². The van der Waals surface area contributed by atoms with Crippen molar-refractivity contribution >= 4 is 40.0 Å². The first-order valence-electron chi connectivity index (χ1n) is 7.80. The van der Waals surface area contributed by atoms with Gasteiger partial charge in [0.2, 0.25) is 5.91 Å². The standard InChI is InChI=1S/C17H20N4OS2/c1-4-21-14-8-6-5-7-13(14)19-17(21)24-11-12-10-23-15(18-12)9-16(22)20(2)3/h5-8,10H,4,9,11H2,1-3H3. The lowest BCUT2D eigenvalue weighted by Crippen LogP contribution is -2.23. The lowest BCUT2D eigenvalue weighted by atomic mass is 10.3. The number of benzene rings is 1. The summed E-state index contributed by atoms with van der Waals surface area (Å²) in [5, 5.41) is 3.91. The molecule has 1 aromatic carbocycles. The second kappa shape index (κ2) is 7.36. The van der Waals surface area contributed by atoms with E-state index in [-0.39, 0.29) is 5.91 Å². The first-order chi connectivity index (χ1) is 11.6. The maximum atomic E-state index is 11.8. The van der Waals surface area contributed by atoms with Gasteiger partial charge in [0.05, 0.1) is 23.1 Å². The molecular formula is C17H20N4OS2. The van der Waals surface area contributed by atoms with Crippen LogP contribution in [-0.2, 0) is 23.5 Å². The van der Waals surface area contributed by atoms with Crippen molar-refractivity contribution in [1.29, 1.82) is 0 Å². The van der Waals surface area contributed by atoms with E-state index in [1.165, 1.54) is 0 Å². The summed E-state index contributed by atoms with van der Waals surface area (Å²) in [5.74, 6) is 0.840. The van der Waals surface area contributed by atoms with E-state index in [2.05, 4.69) is 22.5 Å². The summed E-state index contributed by atoms with van der Waals surface area (Å²) >= 11 is 3.24. The monoisotopic (exact) mass is 360 g/mol. The maximum absolute atomic E-state index is 11.8. The van der Waals surface area contributed by atoms with Gasteiger partial charge in [-0.25, -0.2) is 9.97 Å². The van der Waals surface area contributed by atoms with Crippen molar-refractivity contribution in [3.05, 3.63) is 40.3 Å². The number of likely N-dealkylation sites (N-methyl/N-ethyl adjacent to an activating group) is 1. The van der Waals surface area contributed by atoms with Crippen LogP contribution in [-0.4, -0.2) is 39.4 Å². The number of hydrogen-bond donors (Lipinski definition) is 0. The molecule has 0 spiro atoms. The highest BCUT2D eigenvalue weighted by atomic mass is 32.2. The molecule has 3 aromatic rings. The Hall–Kier alpha value is -1.86. The van der Waals surface area contributed by atoms with Gasteiger partial charge in [-0.2, -0.15) is 0 Å². The molecule has 1 amide bonds. The van der Waals surface area contributed by atoms with E-state index in [9.17, 15) is 4.79 Å². The molecular weight excluding hydrogens is 340 g/mol. The fourth-order valence-corrected chi connectivity index (χ4v) is 4.25. The number of para-hydroxylation sites is 2. The molecule has 0 radical (unpaired) electrons. The van der Waals surface area contributed by atoms with Crippen LogP contribution in [0.25, 0.3) is 11.0 Å². The van der Waals surface area contributed by atoms with Crippen LogP contribution < -0.4 is 0 Å². The Kier molecular flexibility index (Phi) is 5.20. The molecule has 0 unspecified atom stereocenters. The lowest BCUT2D eigenvalue weighted by molar-refractivity contribution is -0.127. The molecule has 24 heavy (non-hydrogen) atoms. The van der Waals surface area contributed by atoms with Gasteiger partial charge in [-0.15, -0.1) is 11.3 Å². The van der Waals surface area contributed by atoms with Crippen molar-refractivity contribution < 1.29 is 4.79 Å². The van der Waals surface area contributed by atoms with E-state index in [4.69, 9.17) is 4.98 Å². The number of hydrogen-bond acceptors (Lipinski definition) is 5. The summed E-state index contributed by atoms with van der Waals surface area (Å²) < 4.78 is 2.23. The zero-order chi connectivity index (χ0) is 17.1. The van der Waals surface area contributed by atoms with Crippen LogP contribution in [0.3, 0.4) is 0 Å². The van der Waals surface area contributed by atoms with Gasteiger partial charge in [-0.1, -0.05) is 23.9 Å². The van der Waals surface area contributed by atoms with Crippen molar-refractivity contribution in [3.63, 3.8) is 0 Å². The van der Waals surface area contributed by atoms with Crippen LogP contribution in [0, 0.1) is 0 Å². The number of amides is 1. The third-order valence-electron chi connectivity index (χ3n) is 3.69. The minimum Gasteiger partial charge on any atom is -0.348 e. The molecule has 3 rings (SSSR count). The summed E-state index contributed by atoms with van der Waals surface area (Å²) in [7, 11) is 3.53. The number of thioether (sulfide) groups is 1. The van der Waals surface area contributed by atoms with Crippen LogP contribution in [0.4, 0.5) is 0 Å². The minimum absolute atomic E-state index is 0.0799. The van der Waals surface area contributed by atoms with Crippen molar-refractivity contribution in [2.45, 2.75) is 30.8 Å². The average Bonchev–Trinajstić information content (AvgIpc) is 3.16. The Morgan fingerprint density at radius 1 is 1.29 bits per heavy atom. The topological polar surface area (TPSA) is 51.0 Å². The van der Waals surface area contributed by atoms with Crippen molar-refractivity contribution in [2.24, 2.45) is 0 Å². The Balaban J connectivity index is 1.70. The summed E-state index contributed by atoms with van der Waals surface area (Å²) in [6.07, 6.45) is 0.371. The summed E-state index contributed by atoms with van der Waals surface area (Å²) in [4.78, 5) is 22.6.